The highest BCUT2D eigenvalue weighted by atomic mass is 79.9. The third kappa shape index (κ3) is 1.85. The van der Waals surface area contributed by atoms with Gasteiger partial charge in [-0.3, -0.25) is 4.98 Å². The summed E-state index contributed by atoms with van der Waals surface area (Å²) in [5.74, 6) is 0. The molecule has 1 saturated heterocycles. The third-order valence-electron chi connectivity index (χ3n) is 2.29. The van der Waals surface area contributed by atoms with Gasteiger partial charge >= 0.3 is 0 Å². The van der Waals surface area contributed by atoms with Crippen molar-refractivity contribution in [2.75, 3.05) is 18.0 Å². The molecule has 0 saturated carbocycles. The van der Waals surface area contributed by atoms with Crippen molar-refractivity contribution in [1.82, 2.24) is 4.98 Å². The van der Waals surface area contributed by atoms with Crippen molar-refractivity contribution >= 4 is 21.6 Å². The smallest absolute Gasteiger partial charge is 0.0564 e. The number of nitrogens with zero attached hydrogens (tertiary/aromatic N) is 2. The van der Waals surface area contributed by atoms with Crippen LogP contribution in [0, 0.1) is 5.41 Å². The molecule has 0 bridgehead atoms. The normalized spacial score (nSPS) is 19.8. The Balaban J connectivity index is 2.11. The van der Waals surface area contributed by atoms with Crippen molar-refractivity contribution in [3.63, 3.8) is 0 Å². The average Bonchev–Trinajstić information content (AvgIpc) is 2.00. The largest absolute Gasteiger partial charge is 0.369 e. The summed E-state index contributed by atoms with van der Waals surface area (Å²) in [5.41, 5.74) is 1.69. The number of hydrogen-bond acceptors (Lipinski definition) is 2. The van der Waals surface area contributed by atoms with E-state index in [-0.39, 0.29) is 0 Å². The number of hydrogen-bond donors (Lipinski definition) is 0. The Morgan fingerprint density at radius 2 is 2.08 bits per heavy atom. The molecule has 3 heteroatoms. The van der Waals surface area contributed by atoms with E-state index in [1.165, 1.54) is 5.69 Å². The van der Waals surface area contributed by atoms with E-state index in [1.54, 1.807) is 0 Å². The standard InChI is InChI=1S/C10H13BrN2/c1-10(2)6-13(7-10)9-3-8(11)4-12-5-9/h3-5H,6-7H2,1-2H3. The Morgan fingerprint density at radius 1 is 1.38 bits per heavy atom. The van der Waals surface area contributed by atoms with Gasteiger partial charge in [0.25, 0.3) is 0 Å². The average molecular weight is 241 g/mol. The van der Waals surface area contributed by atoms with Gasteiger partial charge in [0.05, 0.1) is 11.9 Å². The number of anilines is 1. The zero-order valence-corrected chi connectivity index (χ0v) is 9.50. The number of halogens is 1. The van der Waals surface area contributed by atoms with Crippen LogP contribution in [-0.4, -0.2) is 18.1 Å². The summed E-state index contributed by atoms with van der Waals surface area (Å²) in [4.78, 5) is 6.49. The van der Waals surface area contributed by atoms with Crippen LogP contribution in [0.15, 0.2) is 22.9 Å². The first-order chi connectivity index (χ1) is 6.07. The summed E-state index contributed by atoms with van der Waals surface area (Å²) in [5, 5.41) is 0. The predicted octanol–water partition coefficient (Wildman–Crippen LogP) is 2.69. The molecule has 0 aromatic carbocycles. The molecule has 2 nitrogen and oxygen atoms in total. The Morgan fingerprint density at radius 3 is 2.62 bits per heavy atom. The van der Waals surface area contributed by atoms with Crippen LogP contribution in [0.1, 0.15) is 13.8 Å². The van der Waals surface area contributed by atoms with E-state index in [0.717, 1.165) is 17.6 Å². The molecular formula is C10H13BrN2. The monoisotopic (exact) mass is 240 g/mol. The molecular weight excluding hydrogens is 228 g/mol. The number of rotatable bonds is 1. The lowest BCUT2D eigenvalue weighted by molar-refractivity contribution is 0.276. The molecule has 0 unspecified atom stereocenters. The van der Waals surface area contributed by atoms with Gasteiger partial charge in [0.1, 0.15) is 0 Å². The maximum absolute atomic E-state index is 4.15. The van der Waals surface area contributed by atoms with Crippen molar-refractivity contribution in [2.45, 2.75) is 13.8 Å². The maximum Gasteiger partial charge on any atom is 0.0564 e. The summed E-state index contributed by atoms with van der Waals surface area (Å²) in [6.07, 6.45) is 3.73. The lowest BCUT2D eigenvalue weighted by atomic mass is 9.84. The van der Waals surface area contributed by atoms with Gasteiger partial charge < -0.3 is 4.90 Å². The van der Waals surface area contributed by atoms with Crippen LogP contribution < -0.4 is 4.90 Å². The highest BCUT2D eigenvalue weighted by Gasteiger charge is 2.34. The van der Waals surface area contributed by atoms with Gasteiger partial charge in [-0.05, 0) is 27.4 Å². The molecule has 1 aliphatic rings. The third-order valence-corrected chi connectivity index (χ3v) is 2.73. The minimum atomic E-state index is 0.475. The Hall–Kier alpha value is -0.570. The first-order valence-corrected chi connectivity index (χ1v) is 5.22. The van der Waals surface area contributed by atoms with Gasteiger partial charge in [0, 0.05) is 23.8 Å². The van der Waals surface area contributed by atoms with Crippen molar-refractivity contribution < 1.29 is 0 Å². The Kier molecular flexibility index (Phi) is 2.06. The Labute approximate surface area is 87.1 Å². The predicted molar refractivity (Wildman–Crippen MR) is 57.9 cm³/mol. The number of pyridine rings is 1. The van der Waals surface area contributed by atoms with Crippen LogP contribution in [0.25, 0.3) is 0 Å². The molecule has 2 rings (SSSR count). The van der Waals surface area contributed by atoms with Gasteiger partial charge in [-0.25, -0.2) is 0 Å². The van der Waals surface area contributed by atoms with Crippen molar-refractivity contribution in [3.8, 4) is 0 Å². The zero-order chi connectivity index (χ0) is 9.47. The number of aromatic nitrogens is 1. The lowest BCUT2D eigenvalue weighted by Crippen LogP contribution is -2.53. The quantitative estimate of drug-likeness (QED) is 0.751. The molecule has 1 aromatic heterocycles. The molecule has 1 fully saturated rings. The first-order valence-electron chi connectivity index (χ1n) is 4.42. The topological polar surface area (TPSA) is 16.1 Å². The van der Waals surface area contributed by atoms with Gasteiger partial charge in [0.15, 0.2) is 0 Å². The van der Waals surface area contributed by atoms with Gasteiger partial charge in [-0.2, -0.15) is 0 Å². The highest BCUT2D eigenvalue weighted by Crippen LogP contribution is 2.33. The Bertz CT molecular complexity index is 314. The molecule has 13 heavy (non-hydrogen) atoms. The molecule has 0 N–H and O–H groups in total. The zero-order valence-electron chi connectivity index (χ0n) is 7.92. The van der Waals surface area contributed by atoms with E-state index in [4.69, 9.17) is 0 Å². The van der Waals surface area contributed by atoms with E-state index in [9.17, 15) is 0 Å². The fraction of sp³-hybridized carbons (Fsp3) is 0.500. The van der Waals surface area contributed by atoms with Crippen molar-refractivity contribution in [1.29, 1.82) is 0 Å². The molecule has 0 atom stereocenters. The van der Waals surface area contributed by atoms with Crippen LogP contribution in [-0.2, 0) is 0 Å². The second-order valence-corrected chi connectivity index (χ2v) is 5.30. The molecule has 1 aromatic rings. The van der Waals surface area contributed by atoms with Crippen LogP contribution in [0.5, 0.6) is 0 Å². The van der Waals surface area contributed by atoms with Gasteiger partial charge in [-0.1, -0.05) is 13.8 Å². The molecule has 0 radical (unpaired) electrons. The molecule has 70 valence electrons. The van der Waals surface area contributed by atoms with Gasteiger partial charge in [-0.15, -0.1) is 0 Å². The molecule has 1 aliphatic heterocycles. The summed E-state index contributed by atoms with van der Waals surface area (Å²) in [6, 6.07) is 2.11. The summed E-state index contributed by atoms with van der Waals surface area (Å²) >= 11 is 3.42. The fourth-order valence-electron chi connectivity index (χ4n) is 1.74. The van der Waals surface area contributed by atoms with E-state index < -0.39 is 0 Å². The van der Waals surface area contributed by atoms with E-state index in [0.29, 0.717) is 5.41 Å². The molecule has 0 amide bonds. The first kappa shape index (κ1) is 9.00. The second-order valence-electron chi connectivity index (χ2n) is 4.38. The second kappa shape index (κ2) is 2.98. The summed E-state index contributed by atoms with van der Waals surface area (Å²) in [6.45, 7) is 6.83. The molecule has 0 spiro atoms. The molecule has 2 heterocycles. The minimum Gasteiger partial charge on any atom is -0.369 e. The minimum absolute atomic E-state index is 0.475. The van der Waals surface area contributed by atoms with Crippen molar-refractivity contribution in [3.05, 3.63) is 22.9 Å². The van der Waals surface area contributed by atoms with E-state index in [2.05, 4.69) is 45.7 Å². The molecule has 0 aliphatic carbocycles. The maximum atomic E-state index is 4.15. The van der Waals surface area contributed by atoms with E-state index in [1.807, 2.05) is 12.4 Å². The fourth-order valence-corrected chi connectivity index (χ4v) is 2.10. The van der Waals surface area contributed by atoms with Crippen LogP contribution >= 0.6 is 15.9 Å². The van der Waals surface area contributed by atoms with Crippen LogP contribution in [0.4, 0.5) is 5.69 Å². The van der Waals surface area contributed by atoms with Crippen LogP contribution in [0.3, 0.4) is 0 Å². The SMILES string of the molecule is CC1(C)CN(c2cncc(Br)c2)C1. The van der Waals surface area contributed by atoms with E-state index >= 15 is 0 Å². The highest BCUT2D eigenvalue weighted by molar-refractivity contribution is 9.10. The lowest BCUT2D eigenvalue weighted by Gasteiger charge is -2.47. The summed E-state index contributed by atoms with van der Waals surface area (Å²) < 4.78 is 1.05. The summed E-state index contributed by atoms with van der Waals surface area (Å²) in [7, 11) is 0. The van der Waals surface area contributed by atoms with Crippen molar-refractivity contribution in [2.24, 2.45) is 5.41 Å². The van der Waals surface area contributed by atoms with Crippen LogP contribution in [0.2, 0.25) is 0 Å². The van der Waals surface area contributed by atoms with Gasteiger partial charge in [0.2, 0.25) is 0 Å².